The smallest absolute Gasteiger partial charge is 0.103 e. The summed E-state index contributed by atoms with van der Waals surface area (Å²) in [5.41, 5.74) is 6.01. The Morgan fingerprint density at radius 2 is 2.14 bits per heavy atom. The zero-order valence-corrected chi connectivity index (χ0v) is 13.0. The van der Waals surface area contributed by atoms with E-state index in [1.165, 1.54) is 18.5 Å². The fraction of sp³-hybridized carbons (Fsp3) is 0.471. The molecule has 0 saturated heterocycles. The van der Waals surface area contributed by atoms with Gasteiger partial charge in [-0.15, -0.1) is 0 Å². The summed E-state index contributed by atoms with van der Waals surface area (Å²) in [6, 6.07) is 5.02. The molecule has 112 valence electrons. The first-order valence-electron chi connectivity index (χ1n) is 7.85. The first-order valence-corrected chi connectivity index (χ1v) is 7.85. The maximum atomic E-state index is 9.46. The van der Waals surface area contributed by atoms with Gasteiger partial charge in [0.2, 0.25) is 0 Å². The van der Waals surface area contributed by atoms with Gasteiger partial charge in [-0.05, 0) is 32.8 Å². The first kappa shape index (κ1) is 13.3. The molecule has 2 aromatic heterocycles. The zero-order chi connectivity index (χ0) is 15.3. The molecular weight excluding hydrogens is 274 g/mol. The molecule has 5 nitrogen and oxygen atoms in total. The molecule has 2 aliphatic rings. The van der Waals surface area contributed by atoms with Crippen molar-refractivity contribution in [3.8, 4) is 6.07 Å². The van der Waals surface area contributed by atoms with Gasteiger partial charge in [0, 0.05) is 30.4 Å². The Hall–Kier alpha value is -2.35. The number of nitriles is 1. The number of aryl methyl sites for hydroxylation is 2. The van der Waals surface area contributed by atoms with Crippen molar-refractivity contribution in [3.63, 3.8) is 0 Å². The molecule has 1 fully saturated rings. The van der Waals surface area contributed by atoms with Crippen LogP contribution in [0.25, 0.3) is 0 Å². The van der Waals surface area contributed by atoms with E-state index in [4.69, 9.17) is 0 Å². The third-order valence-electron chi connectivity index (χ3n) is 4.64. The van der Waals surface area contributed by atoms with Gasteiger partial charge in [0.25, 0.3) is 0 Å². The Kier molecular flexibility index (Phi) is 2.93. The van der Waals surface area contributed by atoms with E-state index in [1.807, 2.05) is 26.2 Å². The number of nitrogens with zero attached hydrogens (tertiary/aromatic N) is 5. The average molecular weight is 293 g/mol. The summed E-state index contributed by atoms with van der Waals surface area (Å²) in [5.74, 6) is 0. The lowest BCUT2D eigenvalue weighted by Crippen LogP contribution is -2.32. The fourth-order valence-corrected chi connectivity index (χ4v) is 3.40. The Bertz CT molecular complexity index is 779. The van der Waals surface area contributed by atoms with Crippen molar-refractivity contribution in [3.05, 3.63) is 40.7 Å². The summed E-state index contributed by atoms with van der Waals surface area (Å²) < 4.78 is 2.36. The van der Waals surface area contributed by atoms with Crippen molar-refractivity contribution in [2.45, 2.75) is 45.7 Å². The highest BCUT2D eigenvalue weighted by molar-refractivity contribution is 5.62. The highest BCUT2D eigenvalue weighted by Gasteiger charge is 2.30. The summed E-state index contributed by atoms with van der Waals surface area (Å²) in [5, 5.41) is 9.46. The van der Waals surface area contributed by atoms with Gasteiger partial charge in [0.05, 0.1) is 35.5 Å². The molecule has 0 aromatic carbocycles. The van der Waals surface area contributed by atoms with E-state index in [9.17, 15) is 5.26 Å². The Morgan fingerprint density at radius 3 is 2.86 bits per heavy atom. The van der Waals surface area contributed by atoms with E-state index in [-0.39, 0.29) is 0 Å². The number of hydrogen-bond donors (Lipinski definition) is 0. The van der Waals surface area contributed by atoms with Crippen LogP contribution in [-0.2, 0) is 13.0 Å². The fourth-order valence-electron chi connectivity index (χ4n) is 3.40. The zero-order valence-electron chi connectivity index (χ0n) is 13.0. The molecule has 2 aromatic rings. The summed E-state index contributed by atoms with van der Waals surface area (Å²) >= 11 is 0. The average Bonchev–Trinajstić information content (AvgIpc) is 3.25. The molecule has 4 rings (SSSR count). The van der Waals surface area contributed by atoms with Gasteiger partial charge in [0.15, 0.2) is 0 Å². The van der Waals surface area contributed by atoms with Crippen molar-refractivity contribution in [2.75, 3.05) is 11.4 Å². The lowest BCUT2D eigenvalue weighted by molar-refractivity contribution is 0.641. The second-order valence-corrected chi connectivity index (χ2v) is 6.30. The minimum Gasteiger partial charge on any atom is -0.364 e. The maximum Gasteiger partial charge on any atom is 0.103 e. The molecule has 22 heavy (non-hydrogen) atoms. The van der Waals surface area contributed by atoms with E-state index in [2.05, 4.69) is 25.5 Å². The number of rotatable bonds is 2. The molecule has 0 N–H and O–H groups in total. The van der Waals surface area contributed by atoms with Crippen molar-refractivity contribution in [2.24, 2.45) is 0 Å². The highest BCUT2D eigenvalue weighted by atomic mass is 15.2. The van der Waals surface area contributed by atoms with Crippen molar-refractivity contribution < 1.29 is 0 Å². The van der Waals surface area contributed by atoms with E-state index < -0.39 is 0 Å². The van der Waals surface area contributed by atoms with Crippen molar-refractivity contribution in [1.29, 1.82) is 5.26 Å². The maximum absolute atomic E-state index is 9.46. The SMILES string of the molecule is Cc1cc(N2CCc3c(ncn3C3CC3)C2)c(C#N)c(C)n1. The number of aromatic nitrogens is 3. The van der Waals surface area contributed by atoms with Gasteiger partial charge in [0.1, 0.15) is 6.07 Å². The summed E-state index contributed by atoms with van der Waals surface area (Å²) in [7, 11) is 0. The molecule has 0 bridgehead atoms. The number of imidazole rings is 1. The van der Waals surface area contributed by atoms with Crippen LogP contribution in [0, 0.1) is 25.2 Å². The van der Waals surface area contributed by atoms with Crippen LogP contribution >= 0.6 is 0 Å². The Labute approximate surface area is 130 Å². The lowest BCUT2D eigenvalue weighted by Gasteiger charge is -2.30. The predicted molar refractivity (Wildman–Crippen MR) is 83.7 cm³/mol. The topological polar surface area (TPSA) is 57.7 Å². The molecule has 3 heterocycles. The van der Waals surface area contributed by atoms with Gasteiger partial charge in [-0.25, -0.2) is 4.98 Å². The van der Waals surface area contributed by atoms with E-state index in [1.54, 1.807) is 0 Å². The third kappa shape index (κ3) is 2.07. The first-order chi connectivity index (χ1) is 10.7. The van der Waals surface area contributed by atoms with Crippen LogP contribution in [0.1, 0.15) is 47.2 Å². The Balaban J connectivity index is 1.69. The van der Waals surface area contributed by atoms with E-state index >= 15 is 0 Å². The lowest BCUT2D eigenvalue weighted by atomic mass is 10.1. The molecule has 0 radical (unpaired) electrons. The van der Waals surface area contributed by atoms with E-state index in [0.29, 0.717) is 11.6 Å². The van der Waals surface area contributed by atoms with Crippen LogP contribution in [0.5, 0.6) is 0 Å². The van der Waals surface area contributed by atoms with Gasteiger partial charge < -0.3 is 9.47 Å². The van der Waals surface area contributed by atoms with E-state index in [0.717, 1.165) is 42.3 Å². The van der Waals surface area contributed by atoms with Gasteiger partial charge in [-0.2, -0.15) is 5.26 Å². The molecule has 0 unspecified atom stereocenters. The second-order valence-electron chi connectivity index (χ2n) is 6.30. The molecule has 5 heteroatoms. The summed E-state index contributed by atoms with van der Waals surface area (Å²) in [6.45, 7) is 5.61. The number of pyridine rings is 1. The van der Waals surface area contributed by atoms with Crippen LogP contribution in [0.2, 0.25) is 0 Å². The molecule has 1 saturated carbocycles. The van der Waals surface area contributed by atoms with Gasteiger partial charge >= 0.3 is 0 Å². The molecule has 0 amide bonds. The highest BCUT2D eigenvalue weighted by Crippen LogP contribution is 2.38. The summed E-state index contributed by atoms with van der Waals surface area (Å²) in [4.78, 5) is 11.3. The molecule has 0 atom stereocenters. The van der Waals surface area contributed by atoms with Crippen LogP contribution < -0.4 is 4.90 Å². The van der Waals surface area contributed by atoms with Crippen LogP contribution in [-0.4, -0.2) is 21.1 Å². The predicted octanol–water partition coefficient (Wildman–Crippen LogP) is 2.66. The second kappa shape index (κ2) is 4.84. The van der Waals surface area contributed by atoms with Crippen molar-refractivity contribution >= 4 is 5.69 Å². The number of hydrogen-bond acceptors (Lipinski definition) is 4. The molecule has 1 aliphatic carbocycles. The van der Waals surface area contributed by atoms with Gasteiger partial charge in [-0.3, -0.25) is 4.98 Å². The monoisotopic (exact) mass is 293 g/mol. The van der Waals surface area contributed by atoms with Crippen LogP contribution in [0.15, 0.2) is 12.4 Å². The standard InChI is InChI=1S/C17H19N5/c1-11-7-17(14(8-18)12(2)20-11)21-6-5-16-15(9-21)19-10-22(16)13-3-4-13/h7,10,13H,3-6,9H2,1-2H3. The summed E-state index contributed by atoms with van der Waals surface area (Å²) in [6.07, 6.45) is 5.57. The largest absolute Gasteiger partial charge is 0.364 e. The molecule has 1 aliphatic heterocycles. The van der Waals surface area contributed by atoms with Crippen molar-refractivity contribution in [1.82, 2.24) is 14.5 Å². The number of fused-ring (bicyclic) bond motifs is 1. The molecule has 0 spiro atoms. The van der Waals surface area contributed by atoms with Gasteiger partial charge in [-0.1, -0.05) is 0 Å². The normalized spacial score (nSPS) is 17.2. The minimum atomic E-state index is 0.683. The van der Waals surface area contributed by atoms with Crippen LogP contribution in [0.3, 0.4) is 0 Å². The molecular formula is C17H19N5. The number of anilines is 1. The van der Waals surface area contributed by atoms with Crippen LogP contribution in [0.4, 0.5) is 5.69 Å². The third-order valence-corrected chi connectivity index (χ3v) is 4.64. The quantitative estimate of drug-likeness (QED) is 0.854. The minimum absolute atomic E-state index is 0.683. The Morgan fingerprint density at radius 1 is 1.32 bits per heavy atom.